The fourth-order valence-corrected chi connectivity index (χ4v) is 3.36. The first-order valence-electron chi connectivity index (χ1n) is 11.4. The highest BCUT2D eigenvalue weighted by Gasteiger charge is 2.01. The molecule has 0 saturated heterocycles. The van der Waals surface area contributed by atoms with E-state index in [4.69, 9.17) is 4.74 Å². The highest BCUT2D eigenvalue weighted by atomic mass is 16.5. The van der Waals surface area contributed by atoms with E-state index in [9.17, 15) is 4.79 Å². The topological polar surface area (TPSA) is 39.2 Å². The molecule has 3 heteroatoms. The Morgan fingerprint density at radius 3 is 1.79 bits per heavy atom. The summed E-state index contributed by atoms with van der Waals surface area (Å²) in [5, 5.41) is 0. The third-order valence-corrected chi connectivity index (χ3v) is 5.14. The van der Waals surface area contributed by atoms with Crippen LogP contribution in [0.3, 0.4) is 0 Å². The molecule has 0 spiro atoms. The summed E-state index contributed by atoms with van der Waals surface area (Å²) < 4.78 is 5.10. The van der Waals surface area contributed by atoms with E-state index in [0.29, 0.717) is 12.2 Å². The molecule has 0 N–H and O–H groups in total. The lowest BCUT2D eigenvalue weighted by Crippen LogP contribution is -2.05. The molecule has 0 unspecified atom stereocenters. The number of aryl methyl sites for hydroxylation is 1. The van der Waals surface area contributed by atoms with E-state index >= 15 is 0 Å². The Balaban J connectivity index is 1.72. The number of ether oxygens (including phenoxy) is 1. The quantitative estimate of drug-likeness (QED) is 0.152. The van der Waals surface area contributed by atoms with Crippen LogP contribution < -0.4 is 0 Å². The molecule has 0 atom stereocenters. The SMILES string of the molecule is C=C(C)C(=O)OCCCCCCCCCCCCCCCCc1ccccn1. The fraction of sp³-hybridized carbons (Fsp3) is 0.680. The molecule has 0 fully saturated rings. The van der Waals surface area contributed by atoms with Gasteiger partial charge in [0.15, 0.2) is 0 Å². The van der Waals surface area contributed by atoms with Crippen LogP contribution in [-0.2, 0) is 16.0 Å². The van der Waals surface area contributed by atoms with Gasteiger partial charge in [0.2, 0.25) is 0 Å². The molecule has 1 rings (SSSR count). The van der Waals surface area contributed by atoms with Crippen LogP contribution >= 0.6 is 0 Å². The van der Waals surface area contributed by atoms with Crippen molar-refractivity contribution in [2.45, 2.75) is 103 Å². The van der Waals surface area contributed by atoms with E-state index in [-0.39, 0.29) is 5.97 Å². The average molecular weight is 388 g/mol. The molecule has 0 amide bonds. The number of carbonyl (C=O) groups excluding carboxylic acids is 1. The monoisotopic (exact) mass is 387 g/mol. The number of esters is 1. The van der Waals surface area contributed by atoms with Crippen molar-refractivity contribution < 1.29 is 9.53 Å². The van der Waals surface area contributed by atoms with E-state index in [0.717, 1.165) is 19.3 Å². The van der Waals surface area contributed by atoms with Gasteiger partial charge in [0.1, 0.15) is 0 Å². The number of pyridine rings is 1. The summed E-state index contributed by atoms with van der Waals surface area (Å²) in [5.41, 5.74) is 1.72. The molecule has 1 heterocycles. The van der Waals surface area contributed by atoms with Gasteiger partial charge in [0.25, 0.3) is 0 Å². The Kier molecular flexibility index (Phi) is 15.2. The first-order chi connectivity index (χ1) is 13.7. The number of unbranched alkanes of at least 4 members (excludes halogenated alkanes) is 13. The Hall–Kier alpha value is -1.64. The first-order valence-corrected chi connectivity index (χ1v) is 11.4. The highest BCUT2D eigenvalue weighted by Crippen LogP contribution is 2.13. The average Bonchev–Trinajstić information content (AvgIpc) is 2.70. The molecule has 0 saturated carbocycles. The van der Waals surface area contributed by atoms with Gasteiger partial charge in [-0.3, -0.25) is 4.98 Å². The lowest BCUT2D eigenvalue weighted by atomic mass is 10.0. The molecule has 0 radical (unpaired) electrons. The highest BCUT2D eigenvalue weighted by molar-refractivity contribution is 5.86. The molecule has 1 aromatic rings. The molecule has 0 aromatic carbocycles. The first kappa shape index (κ1) is 24.4. The molecule has 158 valence electrons. The summed E-state index contributed by atoms with van der Waals surface area (Å²) >= 11 is 0. The number of nitrogens with zero attached hydrogens (tertiary/aromatic N) is 1. The van der Waals surface area contributed by atoms with Crippen molar-refractivity contribution in [1.82, 2.24) is 4.98 Å². The van der Waals surface area contributed by atoms with Gasteiger partial charge in [-0.25, -0.2) is 4.79 Å². The molecular formula is C25H41NO2. The minimum absolute atomic E-state index is 0.260. The molecule has 0 aliphatic heterocycles. The molecule has 28 heavy (non-hydrogen) atoms. The summed E-state index contributed by atoms with van der Waals surface area (Å²) in [4.78, 5) is 15.6. The van der Waals surface area contributed by atoms with Crippen molar-refractivity contribution in [3.05, 3.63) is 42.2 Å². The summed E-state index contributed by atoms with van der Waals surface area (Å²) in [6, 6.07) is 6.19. The van der Waals surface area contributed by atoms with Gasteiger partial charge in [-0.1, -0.05) is 89.7 Å². The van der Waals surface area contributed by atoms with Gasteiger partial charge < -0.3 is 4.74 Å². The van der Waals surface area contributed by atoms with Crippen LogP contribution in [0.5, 0.6) is 0 Å². The predicted molar refractivity (Wildman–Crippen MR) is 118 cm³/mol. The van der Waals surface area contributed by atoms with Crippen LogP contribution in [0.15, 0.2) is 36.5 Å². The molecule has 0 aliphatic carbocycles. The molecular weight excluding hydrogens is 346 g/mol. The van der Waals surface area contributed by atoms with Crippen LogP contribution in [0.1, 0.15) is 103 Å². The molecule has 1 aromatic heterocycles. The van der Waals surface area contributed by atoms with Gasteiger partial charge in [-0.2, -0.15) is 0 Å². The summed E-state index contributed by atoms with van der Waals surface area (Å²) in [6.07, 6.45) is 21.4. The van der Waals surface area contributed by atoms with E-state index in [2.05, 4.69) is 23.7 Å². The second kappa shape index (κ2) is 17.5. The summed E-state index contributed by atoms with van der Waals surface area (Å²) in [5.74, 6) is -0.260. The second-order valence-corrected chi connectivity index (χ2v) is 7.94. The summed E-state index contributed by atoms with van der Waals surface area (Å²) in [6.45, 7) is 5.81. The molecule has 0 bridgehead atoms. The summed E-state index contributed by atoms with van der Waals surface area (Å²) in [7, 11) is 0. The van der Waals surface area contributed by atoms with Crippen molar-refractivity contribution in [3.8, 4) is 0 Å². The van der Waals surface area contributed by atoms with Crippen LogP contribution in [0, 0.1) is 0 Å². The van der Waals surface area contributed by atoms with Gasteiger partial charge in [0, 0.05) is 17.5 Å². The van der Waals surface area contributed by atoms with E-state index < -0.39 is 0 Å². The Bertz CT molecular complexity index is 513. The maximum Gasteiger partial charge on any atom is 0.333 e. The number of rotatable bonds is 18. The minimum Gasteiger partial charge on any atom is -0.462 e. The third-order valence-electron chi connectivity index (χ3n) is 5.14. The zero-order valence-electron chi connectivity index (χ0n) is 18.1. The molecule has 3 nitrogen and oxygen atoms in total. The number of hydrogen-bond acceptors (Lipinski definition) is 3. The van der Waals surface area contributed by atoms with Gasteiger partial charge in [0.05, 0.1) is 6.61 Å². The Labute approximate surface area is 173 Å². The number of aromatic nitrogens is 1. The fourth-order valence-electron chi connectivity index (χ4n) is 3.36. The van der Waals surface area contributed by atoms with E-state index in [1.54, 1.807) is 6.92 Å². The van der Waals surface area contributed by atoms with Gasteiger partial charge in [-0.15, -0.1) is 0 Å². The van der Waals surface area contributed by atoms with Crippen molar-refractivity contribution in [1.29, 1.82) is 0 Å². The zero-order chi connectivity index (χ0) is 20.3. The van der Waals surface area contributed by atoms with Crippen LogP contribution in [0.25, 0.3) is 0 Å². The lowest BCUT2D eigenvalue weighted by Gasteiger charge is -2.05. The van der Waals surface area contributed by atoms with Crippen molar-refractivity contribution in [2.75, 3.05) is 6.61 Å². The Morgan fingerprint density at radius 1 is 0.821 bits per heavy atom. The van der Waals surface area contributed by atoms with E-state index in [1.807, 2.05) is 12.3 Å². The third kappa shape index (κ3) is 14.4. The van der Waals surface area contributed by atoms with E-state index in [1.165, 1.54) is 82.7 Å². The smallest absolute Gasteiger partial charge is 0.333 e. The van der Waals surface area contributed by atoms with Gasteiger partial charge >= 0.3 is 5.97 Å². The van der Waals surface area contributed by atoms with Crippen molar-refractivity contribution >= 4 is 5.97 Å². The largest absolute Gasteiger partial charge is 0.462 e. The molecule has 0 aliphatic rings. The minimum atomic E-state index is -0.260. The maximum atomic E-state index is 11.2. The van der Waals surface area contributed by atoms with Crippen LogP contribution in [0.4, 0.5) is 0 Å². The van der Waals surface area contributed by atoms with Crippen LogP contribution in [-0.4, -0.2) is 17.6 Å². The van der Waals surface area contributed by atoms with Crippen molar-refractivity contribution in [3.63, 3.8) is 0 Å². The normalized spacial score (nSPS) is 10.8. The predicted octanol–water partition coefficient (Wildman–Crippen LogP) is 7.20. The Morgan fingerprint density at radius 2 is 1.32 bits per heavy atom. The number of hydrogen-bond donors (Lipinski definition) is 0. The zero-order valence-corrected chi connectivity index (χ0v) is 18.1. The second-order valence-electron chi connectivity index (χ2n) is 7.94. The number of carbonyl (C=O) groups is 1. The lowest BCUT2D eigenvalue weighted by molar-refractivity contribution is -0.139. The maximum absolute atomic E-state index is 11.2. The van der Waals surface area contributed by atoms with Crippen LogP contribution in [0.2, 0.25) is 0 Å². The van der Waals surface area contributed by atoms with Gasteiger partial charge in [-0.05, 0) is 38.3 Å². The van der Waals surface area contributed by atoms with Crippen molar-refractivity contribution in [2.24, 2.45) is 0 Å². The standard InChI is InChI=1S/C25H41NO2/c1-23(2)25(27)28-22-18-14-12-10-8-6-4-3-5-7-9-11-13-15-19-24-20-16-17-21-26-24/h16-17,20-21H,1,3-15,18-19,22H2,2H3.